The van der Waals surface area contributed by atoms with Gasteiger partial charge in [-0.1, -0.05) is 38.4 Å². The molecule has 0 aromatic heterocycles. The van der Waals surface area contributed by atoms with Gasteiger partial charge in [0.15, 0.2) is 23.8 Å². The van der Waals surface area contributed by atoms with Crippen LogP contribution in [0.1, 0.15) is 71.3 Å². The summed E-state index contributed by atoms with van der Waals surface area (Å²) >= 11 is 0. The number of aliphatic imine (C=N–C) groups is 1. The number of rotatable bonds is 19. The smallest absolute Gasteiger partial charge is 0.176 e. The SMILES string of the molecule is CCCCC1O[C-](CCc2ccc(O)c(OCC[C+]3C=C([C@H](C)[C@H](CCCO)NC[C@H](C)O)C=N3)c2)C=C1CO. The van der Waals surface area contributed by atoms with Gasteiger partial charge in [-0.05, 0) is 57.2 Å². The fraction of sp³-hybridized carbons (Fsp3) is 0.594. The molecule has 8 nitrogen and oxygen atoms in total. The number of aliphatic hydroxyl groups excluding tert-OH is 3. The standard InChI is InChI=1S/C32H48N2O6/c1-4-5-8-31-26(21-36)18-28(40-31)11-9-24-10-12-30(38)32(16-24)39-15-13-27-17-25(20-33-27)23(3)29(7-6-14-35)34-19-22(2)37/h10,12,16-18,20,22-23,29,31,34-38H,4-9,11,13-15,19,21H2,1-3H3/t22-,23-,29-,31?/m0/s1. The van der Waals surface area contributed by atoms with Gasteiger partial charge in [0.05, 0.1) is 24.5 Å². The lowest BCUT2D eigenvalue weighted by molar-refractivity contribution is 0.103. The maximum atomic E-state index is 10.3. The molecule has 40 heavy (non-hydrogen) atoms. The molecule has 0 amide bonds. The maximum absolute atomic E-state index is 10.3. The Morgan fingerprint density at radius 1 is 1.23 bits per heavy atom. The lowest BCUT2D eigenvalue weighted by atomic mass is 9.90. The number of ether oxygens (including phenoxy) is 2. The van der Waals surface area contributed by atoms with Crippen LogP contribution in [-0.4, -0.2) is 71.3 Å². The second-order valence-corrected chi connectivity index (χ2v) is 10.9. The Hall–Kier alpha value is -2.49. The van der Waals surface area contributed by atoms with E-state index in [1.165, 1.54) is 0 Å². The summed E-state index contributed by atoms with van der Waals surface area (Å²) in [5.74, 6) is 0.741. The van der Waals surface area contributed by atoms with Crippen LogP contribution in [0.3, 0.4) is 0 Å². The quantitative estimate of drug-likeness (QED) is 0.160. The molecule has 0 bridgehead atoms. The zero-order chi connectivity index (χ0) is 28.9. The molecular weight excluding hydrogens is 508 g/mol. The van der Waals surface area contributed by atoms with E-state index in [1.807, 2.05) is 24.4 Å². The fourth-order valence-corrected chi connectivity index (χ4v) is 5.07. The van der Waals surface area contributed by atoms with Crippen molar-refractivity contribution in [3.05, 3.63) is 59.2 Å². The zero-order valence-electron chi connectivity index (χ0n) is 24.3. The molecule has 0 radical (unpaired) electrons. The van der Waals surface area contributed by atoms with Crippen molar-refractivity contribution in [2.75, 3.05) is 26.4 Å². The topological polar surface area (TPSA) is 124 Å². The van der Waals surface area contributed by atoms with Crippen molar-refractivity contribution >= 4 is 6.21 Å². The van der Waals surface area contributed by atoms with Crippen LogP contribution >= 0.6 is 0 Å². The molecule has 3 rings (SSSR count). The fourth-order valence-electron chi connectivity index (χ4n) is 5.07. The summed E-state index contributed by atoms with van der Waals surface area (Å²) in [7, 11) is 0. The van der Waals surface area contributed by atoms with Crippen molar-refractivity contribution in [1.82, 2.24) is 5.32 Å². The molecular formula is C32H48N2O6. The molecule has 5 N–H and O–H groups in total. The Balaban J connectivity index is 1.48. The van der Waals surface area contributed by atoms with E-state index in [1.54, 1.807) is 13.0 Å². The highest BCUT2D eigenvalue weighted by Crippen LogP contribution is 2.33. The number of benzene rings is 1. The molecule has 0 saturated carbocycles. The van der Waals surface area contributed by atoms with Gasteiger partial charge in [0.25, 0.3) is 0 Å². The van der Waals surface area contributed by atoms with E-state index >= 15 is 0 Å². The first kappa shape index (κ1) is 32.0. The Bertz CT molecular complexity index is 992. The Kier molecular flexibility index (Phi) is 13.4. The van der Waals surface area contributed by atoms with E-state index in [9.17, 15) is 20.4 Å². The average Bonchev–Trinajstić information content (AvgIpc) is 3.58. The number of nitrogens with one attached hydrogen (secondary N) is 1. The van der Waals surface area contributed by atoms with Crippen LogP contribution in [0.15, 0.2) is 46.5 Å². The number of phenols is 1. The van der Waals surface area contributed by atoms with E-state index in [4.69, 9.17) is 9.47 Å². The van der Waals surface area contributed by atoms with Crippen LogP contribution in [0.2, 0.25) is 0 Å². The van der Waals surface area contributed by atoms with E-state index < -0.39 is 6.10 Å². The van der Waals surface area contributed by atoms with Crippen molar-refractivity contribution in [2.24, 2.45) is 10.9 Å². The summed E-state index contributed by atoms with van der Waals surface area (Å²) in [5.41, 5.74) is 3.11. The number of unbranched alkanes of at least 4 members (excludes halogenated alkanes) is 1. The number of aliphatic hydroxyl groups is 3. The van der Waals surface area contributed by atoms with Crippen LogP contribution in [0.4, 0.5) is 0 Å². The molecule has 2 aliphatic rings. The minimum Gasteiger partial charge on any atom is -0.504 e. The van der Waals surface area contributed by atoms with Gasteiger partial charge in [0, 0.05) is 31.9 Å². The zero-order valence-corrected chi connectivity index (χ0v) is 24.3. The van der Waals surface area contributed by atoms with Crippen molar-refractivity contribution in [1.29, 1.82) is 0 Å². The van der Waals surface area contributed by atoms with Crippen molar-refractivity contribution in [3.63, 3.8) is 0 Å². The number of hydrogen-bond donors (Lipinski definition) is 5. The van der Waals surface area contributed by atoms with Crippen LogP contribution in [0.5, 0.6) is 11.5 Å². The predicted molar refractivity (Wildman–Crippen MR) is 158 cm³/mol. The molecule has 1 aromatic carbocycles. The first-order valence-corrected chi connectivity index (χ1v) is 14.8. The van der Waals surface area contributed by atoms with Crippen molar-refractivity contribution < 1.29 is 29.9 Å². The van der Waals surface area contributed by atoms with Crippen LogP contribution in [0.25, 0.3) is 0 Å². The van der Waals surface area contributed by atoms with Gasteiger partial charge in [-0.15, -0.1) is 4.99 Å². The number of aryl methyl sites for hydroxylation is 1. The van der Waals surface area contributed by atoms with Gasteiger partial charge in [0.2, 0.25) is 0 Å². The largest absolute Gasteiger partial charge is 0.504 e. The summed E-state index contributed by atoms with van der Waals surface area (Å²) < 4.78 is 12.0. The second kappa shape index (κ2) is 16.7. The highest BCUT2D eigenvalue weighted by Gasteiger charge is 2.30. The average molecular weight is 557 g/mol. The predicted octanol–water partition coefficient (Wildman–Crippen LogP) is 4.42. The molecule has 2 heterocycles. The summed E-state index contributed by atoms with van der Waals surface area (Å²) in [6, 6.07) is 6.50. The van der Waals surface area contributed by atoms with Gasteiger partial charge in [0.1, 0.15) is 12.2 Å². The van der Waals surface area contributed by atoms with Gasteiger partial charge < -0.3 is 35.2 Å². The summed E-state index contributed by atoms with van der Waals surface area (Å²) in [6.45, 7) is 7.11. The minimum absolute atomic E-state index is 0.0149. The number of aromatic hydroxyl groups is 1. The Morgan fingerprint density at radius 2 is 2.05 bits per heavy atom. The summed E-state index contributed by atoms with van der Waals surface area (Å²) in [4.78, 5) is 4.57. The molecule has 0 fully saturated rings. The summed E-state index contributed by atoms with van der Waals surface area (Å²) in [5, 5.41) is 42.4. The summed E-state index contributed by atoms with van der Waals surface area (Å²) in [6.07, 6.45) is 13.1. The number of nitrogens with zero attached hydrogens (tertiary/aromatic N) is 1. The molecule has 2 aliphatic heterocycles. The molecule has 4 atom stereocenters. The van der Waals surface area contributed by atoms with Gasteiger partial charge in [-0.25, -0.2) is 0 Å². The lowest BCUT2D eigenvalue weighted by Crippen LogP contribution is -2.39. The minimum atomic E-state index is -0.432. The number of hydrogen-bond acceptors (Lipinski definition) is 8. The highest BCUT2D eigenvalue weighted by atomic mass is 16.5. The molecule has 1 unspecified atom stereocenters. The Labute approximate surface area is 239 Å². The van der Waals surface area contributed by atoms with E-state index in [2.05, 4.69) is 30.2 Å². The lowest BCUT2D eigenvalue weighted by Gasteiger charge is -2.24. The molecule has 0 saturated heterocycles. The van der Waals surface area contributed by atoms with E-state index in [0.717, 1.165) is 67.4 Å². The first-order valence-electron chi connectivity index (χ1n) is 14.8. The molecule has 1 aromatic rings. The Morgan fingerprint density at radius 3 is 2.77 bits per heavy atom. The van der Waals surface area contributed by atoms with Crippen molar-refractivity contribution in [3.8, 4) is 11.5 Å². The first-order chi connectivity index (χ1) is 19.3. The van der Waals surface area contributed by atoms with Gasteiger partial charge in [-0.3, -0.25) is 0 Å². The molecule has 0 spiro atoms. The van der Waals surface area contributed by atoms with E-state index in [0.29, 0.717) is 31.7 Å². The maximum Gasteiger partial charge on any atom is 0.176 e. The third kappa shape index (κ3) is 9.85. The van der Waals surface area contributed by atoms with Crippen LogP contribution in [0, 0.1) is 18.1 Å². The molecule has 222 valence electrons. The third-order valence-electron chi connectivity index (χ3n) is 7.55. The molecule has 8 heteroatoms. The van der Waals surface area contributed by atoms with Gasteiger partial charge >= 0.3 is 0 Å². The number of phenolic OH excluding ortho intramolecular Hbond substituents is 1. The van der Waals surface area contributed by atoms with Crippen LogP contribution < -0.4 is 10.1 Å². The van der Waals surface area contributed by atoms with Gasteiger partial charge in [-0.2, -0.15) is 11.6 Å². The normalized spacial score (nSPS) is 19.1. The highest BCUT2D eigenvalue weighted by molar-refractivity contribution is 5.83. The third-order valence-corrected chi connectivity index (χ3v) is 7.55. The molecule has 0 aliphatic carbocycles. The van der Waals surface area contributed by atoms with Crippen LogP contribution in [-0.2, 0) is 11.2 Å². The van der Waals surface area contributed by atoms with Crippen molar-refractivity contribution in [2.45, 2.75) is 90.4 Å². The second-order valence-electron chi connectivity index (χ2n) is 10.9. The van der Waals surface area contributed by atoms with E-state index in [-0.39, 0.29) is 37.0 Å². The monoisotopic (exact) mass is 556 g/mol.